The molecule has 0 atom stereocenters. The van der Waals surface area contributed by atoms with E-state index in [4.69, 9.17) is 0 Å². The third-order valence-corrected chi connectivity index (χ3v) is 4.26. The smallest absolute Gasteiger partial charge is 0.147 e. The first-order valence-electron chi connectivity index (χ1n) is 7.03. The summed E-state index contributed by atoms with van der Waals surface area (Å²) >= 11 is 0. The fraction of sp³-hybridized carbons (Fsp3) is 0.562. The van der Waals surface area contributed by atoms with Gasteiger partial charge >= 0.3 is 0 Å². The second kappa shape index (κ2) is 5.23. The number of ketones is 1. The molecule has 0 radical (unpaired) electrons. The second-order valence-electron chi connectivity index (χ2n) is 5.14. The van der Waals surface area contributed by atoms with E-state index in [1.54, 1.807) is 0 Å². The molecule has 0 saturated carbocycles. The lowest BCUT2D eigenvalue weighted by Crippen LogP contribution is -2.44. The van der Waals surface area contributed by atoms with Crippen LogP contribution in [-0.4, -0.2) is 30.8 Å². The molecule has 1 aromatic carbocycles. The standard InChI is InChI=1S/C14H17NO.C2H6/c1-15-8-6-14(7-9-15)12-5-3-2-4-11(12)10-13(14)16;1-2/h2-5H,6-10H2,1H3;1-2H3. The summed E-state index contributed by atoms with van der Waals surface area (Å²) in [6.07, 6.45) is 2.65. The van der Waals surface area contributed by atoms with Gasteiger partial charge in [0, 0.05) is 6.42 Å². The highest BCUT2D eigenvalue weighted by Crippen LogP contribution is 2.43. The lowest BCUT2D eigenvalue weighted by molar-refractivity contribution is -0.124. The number of carbonyl (C=O) groups excluding carboxylic acids is 1. The molecule has 1 aromatic rings. The van der Waals surface area contributed by atoms with Crippen LogP contribution in [0.15, 0.2) is 24.3 Å². The van der Waals surface area contributed by atoms with Gasteiger partial charge in [0.05, 0.1) is 5.41 Å². The van der Waals surface area contributed by atoms with E-state index < -0.39 is 0 Å². The van der Waals surface area contributed by atoms with Gasteiger partial charge in [-0.2, -0.15) is 0 Å². The van der Waals surface area contributed by atoms with E-state index in [0.717, 1.165) is 25.9 Å². The van der Waals surface area contributed by atoms with Crippen LogP contribution in [0.1, 0.15) is 37.8 Å². The summed E-state index contributed by atoms with van der Waals surface area (Å²) < 4.78 is 0. The molecule has 0 amide bonds. The average Bonchev–Trinajstić information content (AvgIpc) is 2.69. The highest BCUT2D eigenvalue weighted by atomic mass is 16.1. The zero-order chi connectivity index (χ0) is 13.2. The zero-order valence-corrected chi connectivity index (χ0v) is 11.7. The van der Waals surface area contributed by atoms with E-state index in [9.17, 15) is 4.79 Å². The predicted molar refractivity (Wildman–Crippen MR) is 74.9 cm³/mol. The molecule has 0 N–H and O–H groups in total. The summed E-state index contributed by atoms with van der Waals surface area (Å²) in [4.78, 5) is 14.6. The summed E-state index contributed by atoms with van der Waals surface area (Å²) in [6.45, 7) is 6.08. The number of fused-ring (bicyclic) bond motifs is 2. The minimum atomic E-state index is -0.136. The molecule has 1 aliphatic heterocycles. The van der Waals surface area contributed by atoms with Crippen LogP contribution < -0.4 is 0 Å². The van der Waals surface area contributed by atoms with Crippen LogP contribution in [0.3, 0.4) is 0 Å². The fourth-order valence-electron chi connectivity index (χ4n) is 3.18. The number of likely N-dealkylation sites (tertiary alicyclic amines) is 1. The molecule has 0 bridgehead atoms. The number of piperidine rings is 1. The molecular weight excluding hydrogens is 222 g/mol. The Hall–Kier alpha value is -1.15. The van der Waals surface area contributed by atoms with Crippen molar-refractivity contribution in [3.63, 3.8) is 0 Å². The van der Waals surface area contributed by atoms with Crippen molar-refractivity contribution in [2.45, 2.75) is 38.5 Å². The first-order chi connectivity index (χ1) is 8.72. The largest absolute Gasteiger partial charge is 0.306 e. The first-order valence-corrected chi connectivity index (χ1v) is 7.03. The van der Waals surface area contributed by atoms with Crippen LogP contribution in [0.25, 0.3) is 0 Å². The lowest BCUT2D eigenvalue weighted by Gasteiger charge is -2.37. The van der Waals surface area contributed by atoms with Gasteiger partial charge < -0.3 is 4.90 Å². The molecule has 1 saturated heterocycles. The Morgan fingerprint density at radius 1 is 1.11 bits per heavy atom. The Morgan fingerprint density at radius 3 is 2.39 bits per heavy atom. The topological polar surface area (TPSA) is 20.3 Å². The zero-order valence-electron chi connectivity index (χ0n) is 11.7. The molecule has 1 heterocycles. The van der Waals surface area contributed by atoms with Gasteiger partial charge in [-0.25, -0.2) is 0 Å². The first kappa shape index (κ1) is 13.3. The highest BCUT2D eigenvalue weighted by molar-refractivity contribution is 5.96. The number of hydrogen-bond acceptors (Lipinski definition) is 2. The molecular formula is C16H23NO. The van der Waals surface area contributed by atoms with Crippen LogP contribution in [0, 0.1) is 0 Å². The maximum atomic E-state index is 12.3. The van der Waals surface area contributed by atoms with Gasteiger partial charge in [-0.1, -0.05) is 38.1 Å². The Labute approximate surface area is 110 Å². The second-order valence-corrected chi connectivity index (χ2v) is 5.14. The van der Waals surface area contributed by atoms with Crippen LogP contribution in [0.2, 0.25) is 0 Å². The van der Waals surface area contributed by atoms with Gasteiger partial charge in [0.1, 0.15) is 5.78 Å². The van der Waals surface area contributed by atoms with Gasteiger partial charge in [0.15, 0.2) is 0 Å². The number of hydrogen-bond donors (Lipinski definition) is 0. The van der Waals surface area contributed by atoms with Crippen molar-refractivity contribution in [3.05, 3.63) is 35.4 Å². The van der Waals surface area contributed by atoms with E-state index in [2.05, 4.69) is 30.1 Å². The van der Waals surface area contributed by atoms with E-state index in [-0.39, 0.29) is 5.41 Å². The van der Waals surface area contributed by atoms with Gasteiger partial charge in [-0.05, 0) is 44.1 Å². The molecule has 98 valence electrons. The minimum absolute atomic E-state index is 0.136. The third-order valence-electron chi connectivity index (χ3n) is 4.26. The summed E-state index contributed by atoms with van der Waals surface area (Å²) in [6, 6.07) is 8.38. The van der Waals surface area contributed by atoms with Crippen molar-refractivity contribution in [1.29, 1.82) is 0 Å². The Morgan fingerprint density at radius 2 is 1.72 bits per heavy atom. The van der Waals surface area contributed by atoms with Gasteiger partial charge in [0.25, 0.3) is 0 Å². The van der Waals surface area contributed by atoms with Gasteiger partial charge in [-0.3, -0.25) is 4.79 Å². The number of Topliss-reactive ketones (excluding diaryl/α,β-unsaturated/α-hetero) is 1. The maximum absolute atomic E-state index is 12.3. The number of nitrogens with zero attached hydrogens (tertiary/aromatic N) is 1. The molecule has 0 aromatic heterocycles. The highest BCUT2D eigenvalue weighted by Gasteiger charge is 2.46. The van der Waals surface area contributed by atoms with Crippen molar-refractivity contribution in [1.82, 2.24) is 4.90 Å². The van der Waals surface area contributed by atoms with Gasteiger partial charge in [-0.15, -0.1) is 0 Å². The molecule has 1 aliphatic carbocycles. The van der Waals surface area contributed by atoms with Crippen LogP contribution in [0.5, 0.6) is 0 Å². The maximum Gasteiger partial charge on any atom is 0.147 e. The average molecular weight is 245 g/mol. The third kappa shape index (κ3) is 1.99. The lowest BCUT2D eigenvalue weighted by atomic mass is 9.73. The predicted octanol–water partition coefficient (Wildman–Crippen LogP) is 2.80. The summed E-state index contributed by atoms with van der Waals surface area (Å²) in [5.41, 5.74) is 2.44. The molecule has 1 fully saturated rings. The SMILES string of the molecule is CC.CN1CCC2(CC1)C(=O)Cc1ccccc12. The summed E-state index contributed by atoms with van der Waals surface area (Å²) in [7, 11) is 2.14. The van der Waals surface area contributed by atoms with E-state index in [1.165, 1.54) is 11.1 Å². The van der Waals surface area contributed by atoms with Crippen molar-refractivity contribution >= 4 is 5.78 Å². The molecule has 2 aliphatic rings. The van der Waals surface area contributed by atoms with Crippen molar-refractivity contribution in [2.75, 3.05) is 20.1 Å². The number of rotatable bonds is 0. The quantitative estimate of drug-likeness (QED) is 0.700. The molecule has 2 heteroatoms. The van der Waals surface area contributed by atoms with Crippen molar-refractivity contribution in [2.24, 2.45) is 0 Å². The van der Waals surface area contributed by atoms with Crippen molar-refractivity contribution < 1.29 is 4.79 Å². The molecule has 1 spiro atoms. The molecule has 18 heavy (non-hydrogen) atoms. The molecule has 2 nitrogen and oxygen atoms in total. The fourth-order valence-corrected chi connectivity index (χ4v) is 3.18. The van der Waals surface area contributed by atoms with E-state index in [0.29, 0.717) is 12.2 Å². The summed E-state index contributed by atoms with van der Waals surface area (Å²) in [5, 5.41) is 0. The number of carbonyl (C=O) groups is 1. The van der Waals surface area contributed by atoms with Crippen LogP contribution in [0.4, 0.5) is 0 Å². The Balaban J connectivity index is 0.000000574. The normalized spacial score (nSPS) is 21.4. The van der Waals surface area contributed by atoms with E-state index >= 15 is 0 Å². The summed E-state index contributed by atoms with van der Waals surface area (Å²) in [5.74, 6) is 0.446. The Bertz CT molecular complexity index is 430. The van der Waals surface area contributed by atoms with E-state index in [1.807, 2.05) is 19.9 Å². The number of benzene rings is 1. The minimum Gasteiger partial charge on any atom is -0.306 e. The van der Waals surface area contributed by atoms with Gasteiger partial charge in [0.2, 0.25) is 0 Å². The van der Waals surface area contributed by atoms with Crippen molar-refractivity contribution in [3.8, 4) is 0 Å². The van der Waals surface area contributed by atoms with Crippen LogP contribution in [-0.2, 0) is 16.6 Å². The molecule has 0 unspecified atom stereocenters. The monoisotopic (exact) mass is 245 g/mol. The Kier molecular flexibility index (Phi) is 3.86. The molecule has 3 rings (SSSR count). The van der Waals surface area contributed by atoms with Crippen LogP contribution >= 0.6 is 0 Å².